The van der Waals surface area contributed by atoms with Gasteiger partial charge in [-0.05, 0) is 54.4 Å². The van der Waals surface area contributed by atoms with Gasteiger partial charge in [0, 0.05) is 15.3 Å². The highest BCUT2D eigenvalue weighted by Gasteiger charge is 2.17. The summed E-state index contributed by atoms with van der Waals surface area (Å²) in [4.78, 5) is 15.3. The van der Waals surface area contributed by atoms with Gasteiger partial charge in [-0.15, -0.1) is 22.7 Å². The smallest absolute Gasteiger partial charge is 0.204 e. The van der Waals surface area contributed by atoms with Gasteiger partial charge in [-0.2, -0.15) is 0 Å². The number of hydrogen-bond donors (Lipinski definition) is 0. The van der Waals surface area contributed by atoms with Crippen LogP contribution >= 0.6 is 38.6 Å². The van der Waals surface area contributed by atoms with Crippen LogP contribution in [-0.4, -0.2) is 5.78 Å². The molecule has 0 amide bonds. The van der Waals surface area contributed by atoms with Crippen molar-refractivity contribution >= 4 is 44.4 Å². The van der Waals surface area contributed by atoms with Gasteiger partial charge >= 0.3 is 0 Å². The average Bonchev–Trinajstić information content (AvgIpc) is 2.70. The van der Waals surface area contributed by atoms with Gasteiger partial charge in [0.1, 0.15) is 0 Å². The normalized spacial score (nSPS) is 10.8. The van der Waals surface area contributed by atoms with Crippen LogP contribution in [0.4, 0.5) is 0 Å². The SMILES string of the molecule is Cc1cc(C(=O)c2cc(C)c(Br)s2)c(C)s1. The van der Waals surface area contributed by atoms with Crippen molar-refractivity contribution in [1.82, 2.24) is 0 Å². The van der Waals surface area contributed by atoms with Gasteiger partial charge in [0.05, 0.1) is 8.66 Å². The predicted octanol–water partition coefficient (Wildman–Crippen LogP) is 4.73. The van der Waals surface area contributed by atoms with Crippen molar-refractivity contribution in [1.29, 1.82) is 0 Å². The van der Waals surface area contributed by atoms with Gasteiger partial charge in [-0.1, -0.05) is 0 Å². The molecule has 0 N–H and O–H groups in total. The number of halogens is 1. The first-order valence-electron chi connectivity index (χ1n) is 4.86. The second kappa shape index (κ2) is 4.43. The summed E-state index contributed by atoms with van der Waals surface area (Å²) in [6.45, 7) is 6.04. The molecule has 0 aliphatic heterocycles. The third-order valence-corrected chi connectivity index (χ3v) is 5.47. The Morgan fingerprint density at radius 3 is 2.31 bits per heavy atom. The Morgan fingerprint density at radius 2 is 1.88 bits per heavy atom. The van der Waals surface area contributed by atoms with E-state index in [1.54, 1.807) is 11.3 Å². The highest BCUT2D eigenvalue weighted by molar-refractivity contribution is 9.11. The van der Waals surface area contributed by atoms with E-state index in [1.807, 2.05) is 32.9 Å². The lowest BCUT2D eigenvalue weighted by Crippen LogP contribution is -1.98. The Hall–Kier alpha value is -0.450. The molecule has 0 atom stereocenters. The van der Waals surface area contributed by atoms with Crippen LogP contribution in [-0.2, 0) is 0 Å². The van der Waals surface area contributed by atoms with Crippen LogP contribution < -0.4 is 0 Å². The van der Waals surface area contributed by atoms with E-state index in [-0.39, 0.29) is 5.78 Å². The van der Waals surface area contributed by atoms with Crippen LogP contribution in [0.25, 0.3) is 0 Å². The minimum Gasteiger partial charge on any atom is -0.288 e. The molecule has 0 spiro atoms. The van der Waals surface area contributed by atoms with Gasteiger partial charge in [0.15, 0.2) is 0 Å². The minimum absolute atomic E-state index is 0.139. The fourth-order valence-corrected chi connectivity index (χ4v) is 3.97. The molecular formula is C12H11BrOS2. The maximum absolute atomic E-state index is 12.2. The maximum Gasteiger partial charge on any atom is 0.204 e. The third kappa shape index (κ3) is 2.14. The molecular weight excluding hydrogens is 304 g/mol. The molecule has 0 radical (unpaired) electrons. The first-order valence-corrected chi connectivity index (χ1v) is 7.29. The molecule has 2 rings (SSSR count). The molecule has 84 valence electrons. The summed E-state index contributed by atoms with van der Waals surface area (Å²) >= 11 is 6.63. The van der Waals surface area contributed by atoms with Gasteiger partial charge in [-0.25, -0.2) is 0 Å². The number of aryl methyl sites for hydroxylation is 3. The summed E-state index contributed by atoms with van der Waals surface area (Å²) in [7, 11) is 0. The molecule has 0 unspecified atom stereocenters. The summed E-state index contributed by atoms with van der Waals surface area (Å²) in [6, 6.07) is 3.93. The van der Waals surface area contributed by atoms with Gasteiger partial charge in [-0.3, -0.25) is 4.79 Å². The molecule has 1 nitrogen and oxygen atoms in total. The second-order valence-electron chi connectivity index (χ2n) is 3.72. The van der Waals surface area contributed by atoms with Gasteiger partial charge < -0.3 is 0 Å². The number of carbonyl (C=O) groups excluding carboxylic acids is 1. The molecule has 0 saturated heterocycles. The van der Waals surface area contributed by atoms with E-state index in [0.717, 1.165) is 24.7 Å². The van der Waals surface area contributed by atoms with E-state index in [4.69, 9.17) is 0 Å². The molecule has 0 aromatic carbocycles. The monoisotopic (exact) mass is 314 g/mol. The lowest BCUT2D eigenvalue weighted by molar-refractivity contribution is 0.104. The minimum atomic E-state index is 0.139. The Labute approximate surface area is 111 Å². The van der Waals surface area contributed by atoms with E-state index < -0.39 is 0 Å². The largest absolute Gasteiger partial charge is 0.288 e. The first kappa shape index (κ1) is 12.0. The molecule has 2 aromatic rings. The molecule has 2 aromatic heterocycles. The molecule has 16 heavy (non-hydrogen) atoms. The van der Waals surface area contributed by atoms with Crippen molar-refractivity contribution in [3.63, 3.8) is 0 Å². The molecule has 0 bridgehead atoms. The lowest BCUT2D eigenvalue weighted by Gasteiger charge is -1.95. The van der Waals surface area contributed by atoms with Crippen LogP contribution in [0, 0.1) is 20.8 Å². The van der Waals surface area contributed by atoms with Crippen molar-refractivity contribution in [2.45, 2.75) is 20.8 Å². The Bertz CT molecular complexity index is 532. The third-order valence-electron chi connectivity index (χ3n) is 2.37. The molecule has 0 fully saturated rings. The fourth-order valence-electron chi connectivity index (χ4n) is 1.56. The van der Waals surface area contributed by atoms with Crippen LogP contribution in [0.1, 0.15) is 30.6 Å². The predicted molar refractivity (Wildman–Crippen MR) is 74.0 cm³/mol. The van der Waals surface area contributed by atoms with E-state index in [9.17, 15) is 4.79 Å². The Kier molecular flexibility index (Phi) is 3.33. The molecule has 0 saturated carbocycles. The number of thiophene rings is 2. The van der Waals surface area contributed by atoms with E-state index in [1.165, 1.54) is 16.2 Å². The lowest BCUT2D eigenvalue weighted by atomic mass is 10.1. The van der Waals surface area contributed by atoms with E-state index in [2.05, 4.69) is 15.9 Å². The first-order chi connectivity index (χ1) is 7.49. The van der Waals surface area contributed by atoms with Crippen molar-refractivity contribution in [3.8, 4) is 0 Å². The van der Waals surface area contributed by atoms with Crippen LogP contribution in [0.5, 0.6) is 0 Å². The highest BCUT2D eigenvalue weighted by Crippen LogP contribution is 2.31. The zero-order chi connectivity index (χ0) is 11.9. The van der Waals surface area contributed by atoms with Crippen molar-refractivity contribution in [3.05, 3.63) is 41.7 Å². The van der Waals surface area contributed by atoms with Crippen molar-refractivity contribution in [2.24, 2.45) is 0 Å². The van der Waals surface area contributed by atoms with Crippen molar-refractivity contribution < 1.29 is 4.79 Å². The highest BCUT2D eigenvalue weighted by atomic mass is 79.9. The van der Waals surface area contributed by atoms with Crippen LogP contribution in [0.15, 0.2) is 15.9 Å². The van der Waals surface area contributed by atoms with Gasteiger partial charge in [0.25, 0.3) is 0 Å². The molecule has 0 aliphatic carbocycles. The quantitative estimate of drug-likeness (QED) is 0.732. The zero-order valence-electron chi connectivity index (χ0n) is 9.26. The Balaban J connectivity index is 2.42. The number of hydrogen-bond acceptors (Lipinski definition) is 3. The maximum atomic E-state index is 12.2. The molecule has 0 aliphatic rings. The summed E-state index contributed by atoms with van der Waals surface area (Å²) < 4.78 is 1.04. The van der Waals surface area contributed by atoms with Crippen LogP contribution in [0.2, 0.25) is 0 Å². The van der Waals surface area contributed by atoms with Gasteiger partial charge in [0.2, 0.25) is 5.78 Å². The topological polar surface area (TPSA) is 17.1 Å². The van der Waals surface area contributed by atoms with Crippen LogP contribution in [0.3, 0.4) is 0 Å². The molecule has 4 heteroatoms. The number of ketones is 1. The zero-order valence-corrected chi connectivity index (χ0v) is 12.5. The summed E-state index contributed by atoms with van der Waals surface area (Å²) in [5.74, 6) is 0.139. The Morgan fingerprint density at radius 1 is 1.19 bits per heavy atom. The van der Waals surface area contributed by atoms with Crippen molar-refractivity contribution in [2.75, 3.05) is 0 Å². The summed E-state index contributed by atoms with van der Waals surface area (Å²) in [5, 5.41) is 0. The van der Waals surface area contributed by atoms with E-state index in [0.29, 0.717) is 0 Å². The average molecular weight is 315 g/mol. The van der Waals surface area contributed by atoms with E-state index >= 15 is 0 Å². The standard InChI is InChI=1S/C12H11BrOS2/c1-6-4-10(16-12(6)13)11(14)9-5-7(2)15-8(9)3/h4-5H,1-3H3. The summed E-state index contributed by atoms with van der Waals surface area (Å²) in [5.41, 5.74) is 1.97. The number of rotatable bonds is 2. The molecule has 2 heterocycles. The second-order valence-corrected chi connectivity index (χ2v) is 7.55. The fraction of sp³-hybridized carbons (Fsp3) is 0.250. The summed E-state index contributed by atoms with van der Waals surface area (Å²) in [6.07, 6.45) is 0. The number of carbonyl (C=O) groups is 1.